The number of esters is 1. The van der Waals surface area contributed by atoms with E-state index in [-0.39, 0.29) is 11.6 Å². The molecule has 0 aromatic carbocycles. The molecule has 7 heteroatoms. The number of aryl methyl sites for hydroxylation is 1. The average molecular weight is 327 g/mol. The van der Waals surface area contributed by atoms with Crippen LogP contribution in [0.25, 0.3) is 5.65 Å². The summed E-state index contributed by atoms with van der Waals surface area (Å²) in [7, 11) is 0. The summed E-state index contributed by atoms with van der Waals surface area (Å²) >= 11 is 3.42. The zero-order chi connectivity index (χ0) is 14.2. The zero-order valence-corrected chi connectivity index (χ0v) is 12.9. The Morgan fingerprint density at radius 1 is 1.42 bits per heavy atom. The van der Waals surface area contributed by atoms with Crippen molar-refractivity contribution in [2.45, 2.75) is 33.6 Å². The number of halogens is 1. The van der Waals surface area contributed by atoms with Gasteiger partial charge in [-0.1, -0.05) is 13.8 Å². The van der Waals surface area contributed by atoms with Gasteiger partial charge in [-0.05, 0) is 35.7 Å². The van der Waals surface area contributed by atoms with Gasteiger partial charge in [0, 0.05) is 0 Å². The van der Waals surface area contributed by atoms with Crippen LogP contribution in [0.15, 0.2) is 4.47 Å². The van der Waals surface area contributed by atoms with Crippen molar-refractivity contribution < 1.29 is 9.53 Å². The summed E-state index contributed by atoms with van der Waals surface area (Å²) in [6.45, 7) is 7.88. The lowest BCUT2D eigenvalue weighted by Gasteiger charge is -2.11. The largest absolute Gasteiger partial charge is 0.461 e. The summed E-state index contributed by atoms with van der Waals surface area (Å²) in [5.41, 5.74) is 2.34. The molecule has 0 spiro atoms. The highest BCUT2D eigenvalue weighted by atomic mass is 79.9. The lowest BCUT2D eigenvalue weighted by atomic mass is 10.1. The highest BCUT2D eigenvalue weighted by Gasteiger charge is 2.23. The third-order valence-electron chi connectivity index (χ3n) is 2.70. The molecule has 0 unspecified atom stereocenters. The fraction of sp³-hybridized carbons (Fsp3) is 0.500. The third kappa shape index (κ3) is 2.34. The molecule has 0 saturated heterocycles. The second kappa shape index (κ2) is 5.24. The van der Waals surface area contributed by atoms with E-state index in [1.54, 1.807) is 11.4 Å². The predicted octanol–water partition coefficient (Wildman–Crippen LogP) is 2.50. The highest BCUT2D eigenvalue weighted by Crippen LogP contribution is 2.25. The van der Waals surface area contributed by atoms with E-state index < -0.39 is 5.97 Å². The number of aromatic nitrogens is 4. The van der Waals surface area contributed by atoms with Crippen molar-refractivity contribution in [1.82, 2.24) is 19.8 Å². The van der Waals surface area contributed by atoms with Crippen LogP contribution in [0.3, 0.4) is 0 Å². The molecule has 2 heterocycles. The number of rotatable bonds is 3. The molecule has 0 radical (unpaired) electrons. The van der Waals surface area contributed by atoms with Crippen molar-refractivity contribution in [2.24, 2.45) is 0 Å². The SMILES string of the molecule is CCOC(=O)c1nnc2c(Br)c(C)nn2c1C(C)C. The van der Waals surface area contributed by atoms with E-state index in [4.69, 9.17) is 4.74 Å². The molecule has 0 bridgehead atoms. The number of carbonyl (C=O) groups excluding carboxylic acids is 1. The molecule has 2 rings (SSSR count). The Kier molecular flexibility index (Phi) is 3.84. The van der Waals surface area contributed by atoms with E-state index in [9.17, 15) is 4.79 Å². The van der Waals surface area contributed by atoms with Gasteiger partial charge in [0.05, 0.1) is 22.5 Å². The molecule has 19 heavy (non-hydrogen) atoms. The van der Waals surface area contributed by atoms with E-state index in [1.165, 1.54) is 0 Å². The predicted molar refractivity (Wildman–Crippen MR) is 73.3 cm³/mol. The summed E-state index contributed by atoms with van der Waals surface area (Å²) in [5.74, 6) is -0.395. The van der Waals surface area contributed by atoms with Gasteiger partial charge >= 0.3 is 5.97 Å². The van der Waals surface area contributed by atoms with Gasteiger partial charge < -0.3 is 4.74 Å². The quantitative estimate of drug-likeness (QED) is 0.810. The number of fused-ring (bicyclic) bond motifs is 1. The molecular weight excluding hydrogens is 312 g/mol. The Morgan fingerprint density at radius 3 is 2.68 bits per heavy atom. The van der Waals surface area contributed by atoms with Gasteiger partial charge in [0.1, 0.15) is 0 Å². The fourth-order valence-corrected chi connectivity index (χ4v) is 2.19. The molecule has 0 saturated carbocycles. The number of hydrogen-bond acceptors (Lipinski definition) is 5. The molecule has 0 fully saturated rings. The van der Waals surface area contributed by atoms with Crippen molar-refractivity contribution in [3.63, 3.8) is 0 Å². The zero-order valence-electron chi connectivity index (χ0n) is 11.3. The van der Waals surface area contributed by atoms with Crippen LogP contribution in [0.5, 0.6) is 0 Å². The number of nitrogens with zero attached hydrogens (tertiary/aromatic N) is 4. The van der Waals surface area contributed by atoms with E-state index in [2.05, 4.69) is 31.2 Å². The highest BCUT2D eigenvalue weighted by molar-refractivity contribution is 9.10. The van der Waals surface area contributed by atoms with Gasteiger partial charge in [-0.25, -0.2) is 9.31 Å². The van der Waals surface area contributed by atoms with Gasteiger partial charge in [0.2, 0.25) is 0 Å². The molecular formula is C12H15BrN4O2. The van der Waals surface area contributed by atoms with Crippen molar-refractivity contribution in [3.05, 3.63) is 21.6 Å². The maximum absolute atomic E-state index is 11.9. The van der Waals surface area contributed by atoms with Crippen LogP contribution in [0, 0.1) is 6.92 Å². The van der Waals surface area contributed by atoms with Gasteiger partial charge in [-0.15, -0.1) is 10.2 Å². The summed E-state index contributed by atoms with van der Waals surface area (Å²) in [4.78, 5) is 11.9. The lowest BCUT2D eigenvalue weighted by molar-refractivity contribution is 0.0515. The Labute approximate surface area is 119 Å². The number of carbonyl (C=O) groups is 1. The normalized spacial score (nSPS) is 11.3. The number of ether oxygens (including phenoxy) is 1. The van der Waals surface area contributed by atoms with Crippen molar-refractivity contribution >= 4 is 27.5 Å². The van der Waals surface area contributed by atoms with E-state index in [1.807, 2.05) is 20.8 Å². The first-order chi connectivity index (χ1) is 8.97. The first kappa shape index (κ1) is 13.9. The molecule has 2 aromatic rings. The Morgan fingerprint density at radius 2 is 2.11 bits per heavy atom. The van der Waals surface area contributed by atoms with E-state index in [0.717, 1.165) is 10.2 Å². The molecule has 0 aliphatic heterocycles. The maximum atomic E-state index is 11.9. The summed E-state index contributed by atoms with van der Waals surface area (Å²) < 4.78 is 7.46. The van der Waals surface area contributed by atoms with Crippen LogP contribution in [-0.2, 0) is 4.74 Å². The van der Waals surface area contributed by atoms with Crippen LogP contribution < -0.4 is 0 Å². The fourth-order valence-electron chi connectivity index (χ4n) is 1.86. The number of hydrogen-bond donors (Lipinski definition) is 0. The Bertz CT molecular complexity index is 636. The Balaban J connectivity index is 2.72. The van der Waals surface area contributed by atoms with Gasteiger partial charge in [-0.2, -0.15) is 5.10 Å². The summed E-state index contributed by atoms with van der Waals surface area (Å²) in [6, 6.07) is 0. The molecule has 0 N–H and O–H groups in total. The first-order valence-electron chi connectivity index (χ1n) is 6.05. The van der Waals surface area contributed by atoms with Gasteiger partial charge in [0.25, 0.3) is 0 Å². The minimum Gasteiger partial charge on any atom is -0.461 e. The van der Waals surface area contributed by atoms with Crippen molar-refractivity contribution in [1.29, 1.82) is 0 Å². The maximum Gasteiger partial charge on any atom is 0.360 e. The lowest BCUT2D eigenvalue weighted by Crippen LogP contribution is -2.17. The first-order valence-corrected chi connectivity index (χ1v) is 6.85. The minimum atomic E-state index is -0.468. The summed E-state index contributed by atoms with van der Waals surface area (Å²) in [5, 5.41) is 12.5. The van der Waals surface area contributed by atoms with Crippen LogP contribution >= 0.6 is 15.9 Å². The molecule has 2 aromatic heterocycles. The van der Waals surface area contributed by atoms with Crippen molar-refractivity contribution in [2.75, 3.05) is 6.61 Å². The topological polar surface area (TPSA) is 69.4 Å². The third-order valence-corrected chi connectivity index (χ3v) is 3.62. The average Bonchev–Trinajstić information content (AvgIpc) is 2.64. The Hall–Kier alpha value is -1.50. The monoisotopic (exact) mass is 326 g/mol. The van der Waals surface area contributed by atoms with Crippen LogP contribution in [0.4, 0.5) is 0 Å². The molecule has 0 atom stereocenters. The van der Waals surface area contributed by atoms with E-state index >= 15 is 0 Å². The van der Waals surface area contributed by atoms with Crippen molar-refractivity contribution in [3.8, 4) is 0 Å². The minimum absolute atomic E-state index is 0.0728. The molecule has 0 amide bonds. The van der Waals surface area contributed by atoms with E-state index in [0.29, 0.717) is 17.9 Å². The molecule has 102 valence electrons. The van der Waals surface area contributed by atoms with Gasteiger partial charge in [0.15, 0.2) is 11.3 Å². The second-order valence-corrected chi connectivity index (χ2v) is 5.24. The molecule has 0 aliphatic carbocycles. The standard InChI is InChI=1S/C12H15BrN4O2/c1-5-19-12(18)9-10(6(2)3)17-11(15-14-9)8(13)7(4)16-17/h6H,5H2,1-4H3. The van der Waals surface area contributed by atoms with Crippen LogP contribution in [0.1, 0.15) is 48.6 Å². The van der Waals surface area contributed by atoms with Gasteiger partial charge in [-0.3, -0.25) is 0 Å². The molecule has 6 nitrogen and oxygen atoms in total. The molecule has 0 aliphatic rings. The van der Waals surface area contributed by atoms with Crippen LogP contribution in [-0.4, -0.2) is 32.4 Å². The summed E-state index contributed by atoms with van der Waals surface area (Å²) in [6.07, 6.45) is 0. The van der Waals surface area contributed by atoms with Crippen LogP contribution in [0.2, 0.25) is 0 Å². The second-order valence-electron chi connectivity index (χ2n) is 4.44. The smallest absolute Gasteiger partial charge is 0.360 e.